The van der Waals surface area contributed by atoms with E-state index < -0.39 is 23.9 Å². The largest absolute Gasteiger partial charge is 0.480 e. The van der Waals surface area contributed by atoms with Crippen molar-refractivity contribution in [2.75, 3.05) is 13.1 Å². The maximum absolute atomic E-state index is 11.9. The monoisotopic (exact) mass is 298 g/mol. The summed E-state index contributed by atoms with van der Waals surface area (Å²) < 4.78 is 0. The number of amides is 3. The fourth-order valence-corrected chi connectivity index (χ4v) is 3.16. The summed E-state index contributed by atoms with van der Waals surface area (Å²) in [6, 6.07) is -1.16. The Morgan fingerprint density at radius 2 is 2.05 bits per heavy atom. The summed E-state index contributed by atoms with van der Waals surface area (Å²) in [6.45, 7) is 2.04. The molecule has 2 heterocycles. The molecule has 5 N–H and O–H groups in total. The van der Waals surface area contributed by atoms with Crippen molar-refractivity contribution in [3.63, 3.8) is 0 Å². The van der Waals surface area contributed by atoms with E-state index in [0.717, 1.165) is 32.4 Å². The average molecular weight is 298 g/mol. The zero-order chi connectivity index (χ0) is 15.4. The molecule has 0 bridgehead atoms. The van der Waals surface area contributed by atoms with Crippen molar-refractivity contribution in [2.24, 2.45) is 5.73 Å². The van der Waals surface area contributed by atoms with E-state index in [9.17, 15) is 14.4 Å². The molecule has 3 atom stereocenters. The van der Waals surface area contributed by atoms with E-state index in [1.807, 2.05) is 0 Å². The van der Waals surface area contributed by atoms with Gasteiger partial charge in [-0.2, -0.15) is 0 Å². The molecule has 0 aromatic carbocycles. The first-order valence-electron chi connectivity index (χ1n) is 7.29. The van der Waals surface area contributed by atoms with Gasteiger partial charge in [0.05, 0.1) is 0 Å². The number of nitrogens with two attached hydrogens (primary N) is 1. The molecule has 0 spiro atoms. The Morgan fingerprint density at radius 3 is 2.71 bits per heavy atom. The van der Waals surface area contributed by atoms with E-state index in [4.69, 9.17) is 10.8 Å². The van der Waals surface area contributed by atoms with Gasteiger partial charge in [0.2, 0.25) is 5.91 Å². The van der Waals surface area contributed by atoms with Gasteiger partial charge >= 0.3 is 12.0 Å². The van der Waals surface area contributed by atoms with E-state index in [0.29, 0.717) is 6.04 Å². The van der Waals surface area contributed by atoms with E-state index in [1.165, 1.54) is 0 Å². The lowest BCUT2D eigenvalue weighted by Gasteiger charge is -2.22. The Morgan fingerprint density at radius 1 is 1.29 bits per heavy atom. The summed E-state index contributed by atoms with van der Waals surface area (Å²) in [6.07, 6.45) is 3.02. The number of hydrogen-bond donors (Lipinski definition) is 4. The second-order valence-corrected chi connectivity index (χ2v) is 5.65. The van der Waals surface area contributed by atoms with Crippen LogP contribution in [0.25, 0.3) is 0 Å². The van der Waals surface area contributed by atoms with E-state index >= 15 is 0 Å². The number of nitrogens with zero attached hydrogens (tertiary/aromatic N) is 1. The van der Waals surface area contributed by atoms with Crippen LogP contribution >= 0.6 is 0 Å². The van der Waals surface area contributed by atoms with Crippen LogP contribution in [-0.2, 0) is 9.59 Å². The minimum Gasteiger partial charge on any atom is -0.480 e. The number of aliphatic carboxylic acids is 1. The Bertz CT molecular complexity index is 428. The van der Waals surface area contributed by atoms with Crippen LogP contribution < -0.4 is 16.4 Å². The molecule has 3 unspecified atom stereocenters. The maximum Gasteiger partial charge on any atom is 0.326 e. The molecule has 118 valence electrons. The maximum atomic E-state index is 11.9. The zero-order valence-corrected chi connectivity index (χ0v) is 11.9. The highest BCUT2D eigenvalue weighted by Crippen LogP contribution is 2.27. The number of nitrogens with one attached hydrogen (secondary N) is 2. The number of carbonyl (C=O) groups is 3. The standard InChI is InChI=1S/C13H22N4O4/c14-11(18)4-3-9(12(19)20)16-13(21)15-8-5-7-17-6-1-2-10(8)17/h8-10H,1-7H2,(H2,14,18)(H,19,20)(H2,15,16,21). The first-order chi connectivity index (χ1) is 9.97. The van der Waals surface area contributed by atoms with Crippen LogP contribution in [0.15, 0.2) is 0 Å². The molecular formula is C13H22N4O4. The predicted octanol–water partition coefficient (Wildman–Crippen LogP) is -0.759. The summed E-state index contributed by atoms with van der Waals surface area (Å²) >= 11 is 0. The molecule has 0 aromatic rings. The topological polar surface area (TPSA) is 125 Å². The van der Waals surface area contributed by atoms with Crippen molar-refractivity contribution in [3.05, 3.63) is 0 Å². The van der Waals surface area contributed by atoms with Gasteiger partial charge in [-0.3, -0.25) is 9.69 Å². The molecule has 2 rings (SSSR count). The molecule has 8 heteroatoms. The summed E-state index contributed by atoms with van der Waals surface area (Å²) in [4.78, 5) is 36.1. The normalized spacial score (nSPS) is 26.1. The molecule has 2 aliphatic rings. The van der Waals surface area contributed by atoms with Gasteiger partial charge < -0.3 is 21.5 Å². The molecule has 0 aliphatic carbocycles. The Balaban J connectivity index is 1.81. The summed E-state index contributed by atoms with van der Waals surface area (Å²) in [5.74, 6) is -1.75. The van der Waals surface area contributed by atoms with Gasteiger partial charge in [0.15, 0.2) is 0 Å². The van der Waals surface area contributed by atoms with E-state index in [-0.39, 0.29) is 18.9 Å². The molecule has 2 fully saturated rings. The molecule has 2 saturated heterocycles. The number of carboxylic acids is 1. The second kappa shape index (κ2) is 6.75. The third-order valence-corrected chi connectivity index (χ3v) is 4.21. The fraction of sp³-hybridized carbons (Fsp3) is 0.769. The zero-order valence-electron chi connectivity index (χ0n) is 11.9. The van der Waals surface area contributed by atoms with Crippen molar-refractivity contribution < 1.29 is 19.5 Å². The van der Waals surface area contributed by atoms with Gasteiger partial charge in [-0.05, 0) is 32.2 Å². The van der Waals surface area contributed by atoms with E-state index in [1.54, 1.807) is 0 Å². The second-order valence-electron chi connectivity index (χ2n) is 5.65. The lowest BCUT2D eigenvalue weighted by atomic mass is 10.1. The van der Waals surface area contributed by atoms with Crippen molar-refractivity contribution >= 4 is 17.9 Å². The highest BCUT2D eigenvalue weighted by atomic mass is 16.4. The molecular weight excluding hydrogens is 276 g/mol. The van der Waals surface area contributed by atoms with Crippen LogP contribution in [0.5, 0.6) is 0 Å². The Labute approximate surface area is 123 Å². The van der Waals surface area contributed by atoms with Crippen molar-refractivity contribution in [1.82, 2.24) is 15.5 Å². The highest BCUT2D eigenvalue weighted by Gasteiger charge is 2.38. The van der Waals surface area contributed by atoms with Crippen LogP contribution in [0.2, 0.25) is 0 Å². The Hall–Kier alpha value is -1.83. The van der Waals surface area contributed by atoms with Crippen LogP contribution in [0.1, 0.15) is 32.1 Å². The minimum absolute atomic E-state index is 0.00168. The van der Waals surface area contributed by atoms with Crippen LogP contribution in [-0.4, -0.2) is 59.1 Å². The van der Waals surface area contributed by atoms with Gasteiger partial charge in [0.25, 0.3) is 0 Å². The number of fused-ring (bicyclic) bond motifs is 1. The van der Waals surface area contributed by atoms with Gasteiger partial charge in [-0.15, -0.1) is 0 Å². The quantitative estimate of drug-likeness (QED) is 0.513. The van der Waals surface area contributed by atoms with Crippen LogP contribution in [0.3, 0.4) is 0 Å². The molecule has 2 aliphatic heterocycles. The number of rotatable bonds is 6. The first-order valence-corrected chi connectivity index (χ1v) is 7.29. The molecule has 0 aromatic heterocycles. The van der Waals surface area contributed by atoms with E-state index in [2.05, 4.69) is 15.5 Å². The molecule has 21 heavy (non-hydrogen) atoms. The van der Waals surface area contributed by atoms with Crippen LogP contribution in [0, 0.1) is 0 Å². The SMILES string of the molecule is NC(=O)CCC(NC(=O)NC1CCN2CCCC12)C(=O)O. The molecule has 3 amide bonds. The number of carbonyl (C=O) groups excluding carboxylic acids is 2. The summed E-state index contributed by atoms with van der Waals surface area (Å²) in [5.41, 5.74) is 5.00. The lowest BCUT2D eigenvalue weighted by molar-refractivity contribution is -0.139. The summed E-state index contributed by atoms with van der Waals surface area (Å²) in [5, 5.41) is 14.3. The third-order valence-electron chi connectivity index (χ3n) is 4.21. The summed E-state index contributed by atoms with van der Waals surface area (Å²) in [7, 11) is 0. The van der Waals surface area contributed by atoms with Gasteiger partial charge in [0.1, 0.15) is 6.04 Å². The first kappa shape index (κ1) is 15.6. The Kier molecular flexibility index (Phi) is 5.00. The number of hydrogen-bond acceptors (Lipinski definition) is 4. The number of urea groups is 1. The van der Waals surface area contributed by atoms with Crippen LogP contribution in [0.4, 0.5) is 4.79 Å². The average Bonchev–Trinajstić information content (AvgIpc) is 2.99. The van der Waals surface area contributed by atoms with Crippen molar-refractivity contribution in [3.8, 4) is 0 Å². The van der Waals surface area contributed by atoms with Gasteiger partial charge in [0, 0.05) is 25.0 Å². The predicted molar refractivity (Wildman–Crippen MR) is 74.5 cm³/mol. The molecule has 0 radical (unpaired) electrons. The number of carboxylic acid groups (broad SMARTS) is 1. The molecule has 8 nitrogen and oxygen atoms in total. The smallest absolute Gasteiger partial charge is 0.326 e. The third kappa shape index (κ3) is 4.07. The number of primary amides is 1. The van der Waals surface area contributed by atoms with Gasteiger partial charge in [-0.1, -0.05) is 0 Å². The minimum atomic E-state index is -1.17. The van der Waals surface area contributed by atoms with Crippen molar-refractivity contribution in [1.29, 1.82) is 0 Å². The van der Waals surface area contributed by atoms with Gasteiger partial charge in [-0.25, -0.2) is 9.59 Å². The lowest BCUT2D eigenvalue weighted by Crippen LogP contribution is -2.51. The molecule has 0 saturated carbocycles. The highest BCUT2D eigenvalue weighted by molar-refractivity contribution is 5.83. The van der Waals surface area contributed by atoms with Crippen molar-refractivity contribution in [2.45, 2.75) is 50.2 Å². The fourth-order valence-electron chi connectivity index (χ4n) is 3.16.